The minimum Gasteiger partial charge on any atom is -0.395 e. The lowest BCUT2D eigenvalue weighted by molar-refractivity contribution is -0.402. The van der Waals surface area contributed by atoms with E-state index >= 15 is 0 Å². The molecule has 0 saturated carbocycles. The highest BCUT2D eigenvalue weighted by Crippen LogP contribution is 2.29. The van der Waals surface area contributed by atoms with Crippen LogP contribution in [0.15, 0.2) is 51.4 Å². The van der Waals surface area contributed by atoms with Gasteiger partial charge >= 0.3 is 5.88 Å². The number of amides is 1. The molecule has 0 spiro atoms. The molecule has 0 bridgehead atoms. The number of hydrogen-bond acceptors (Lipinski definition) is 7. The summed E-state index contributed by atoms with van der Waals surface area (Å²) in [5, 5.41) is 14.7. The standard InChI is InChI=1S/C18H16N4O5/c23-18(14-6-7-15(26-14)22(24)25)21-10-8-13(9-11-21)17-19-16(20-27-17)12-4-2-1-3-5-12/h1-7,13H,8-11H2. The molecule has 1 aromatic carbocycles. The summed E-state index contributed by atoms with van der Waals surface area (Å²) in [7, 11) is 0. The van der Waals surface area contributed by atoms with Gasteiger partial charge in [0.05, 0.1) is 6.07 Å². The lowest BCUT2D eigenvalue weighted by Gasteiger charge is -2.29. The van der Waals surface area contributed by atoms with Gasteiger partial charge in [0.1, 0.15) is 4.92 Å². The van der Waals surface area contributed by atoms with Crippen LogP contribution in [0.2, 0.25) is 0 Å². The summed E-state index contributed by atoms with van der Waals surface area (Å²) in [4.78, 5) is 28.5. The molecule has 3 aromatic rings. The number of carbonyl (C=O) groups is 1. The molecule has 0 atom stereocenters. The number of furan rings is 1. The molecule has 1 fully saturated rings. The van der Waals surface area contributed by atoms with E-state index in [-0.39, 0.29) is 17.6 Å². The molecule has 9 heteroatoms. The highest BCUT2D eigenvalue weighted by atomic mass is 16.6. The molecule has 9 nitrogen and oxygen atoms in total. The maximum atomic E-state index is 12.4. The van der Waals surface area contributed by atoms with E-state index in [9.17, 15) is 14.9 Å². The van der Waals surface area contributed by atoms with Crippen LogP contribution in [0.3, 0.4) is 0 Å². The van der Waals surface area contributed by atoms with Gasteiger partial charge in [-0.2, -0.15) is 4.98 Å². The number of nitrogens with zero attached hydrogens (tertiary/aromatic N) is 4. The zero-order valence-electron chi connectivity index (χ0n) is 14.3. The first-order chi connectivity index (χ1) is 13.1. The summed E-state index contributed by atoms with van der Waals surface area (Å²) in [6.45, 7) is 0.974. The van der Waals surface area contributed by atoms with Crippen LogP contribution in [0.25, 0.3) is 11.4 Å². The third-order valence-electron chi connectivity index (χ3n) is 4.59. The van der Waals surface area contributed by atoms with Crippen molar-refractivity contribution in [3.05, 3.63) is 64.2 Å². The second-order valence-electron chi connectivity index (χ2n) is 6.28. The number of rotatable bonds is 4. The fourth-order valence-corrected chi connectivity index (χ4v) is 3.13. The third-order valence-corrected chi connectivity index (χ3v) is 4.59. The zero-order chi connectivity index (χ0) is 18.8. The Bertz CT molecular complexity index is 957. The van der Waals surface area contributed by atoms with Gasteiger partial charge in [-0.1, -0.05) is 35.5 Å². The number of piperidine rings is 1. The number of hydrogen-bond donors (Lipinski definition) is 0. The summed E-state index contributed by atoms with van der Waals surface area (Å²) >= 11 is 0. The molecule has 4 rings (SSSR count). The van der Waals surface area contributed by atoms with E-state index < -0.39 is 10.8 Å². The molecular formula is C18H16N4O5. The predicted octanol–water partition coefficient (Wildman–Crippen LogP) is 3.26. The highest BCUT2D eigenvalue weighted by molar-refractivity contribution is 5.91. The molecule has 1 aliphatic rings. The van der Waals surface area contributed by atoms with Gasteiger partial charge in [0.15, 0.2) is 5.76 Å². The topological polar surface area (TPSA) is 116 Å². The lowest BCUT2D eigenvalue weighted by atomic mass is 9.96. The summed E-state index contributed by atoms with van der Waals surface area (Å²) in [6, 6.07) is 12.1. The SMILES string of the molecule is O=C(c1ccc([N+](=O)[O-])o1)N1CCC(c2nc(-c3ccccc3)no2)CC1. The van der Waals surface area contributed by atoms with Gasteiger partial charge in [-0.05, 0) is 18.9 Å². The quantitative estimate of drug-likeness (QED) is 0.512. The molecule has 0 N–H and O–H groups in total. The van der Waals surface area contributed by atoms with Crippen molar-refractivity contribution in [2.45, 2.75) is 18.8 Å². The van der Waals surface area contributed by atoms with E-state index in [4.69, 9.17) is 8.94 Å². The van der Waals surface area contributed by atoms with Gasteiger partial charge in [-0.3, -0.25) is 14.9 Å². The molecule has 0 radical (unpaired) electrons. The van der Waals surface area contributed by atoms with Gasteiger partial charge in [0.2, 0.25) is 11.7 Å². The molecule has 138 valence electrons. The second kappa shape index (κ2) is 7.02. The Hall–Kier alpha value is -3.49. The smallest absolute Gasteiger partial charge is 0.395 e. The Morgan fingerprint density at radius 1 is 1.15 bits per heavy atom. The molecular weight excluding hydrogens is 352 g/mol. The van der Waals surface area contributed by atoms with E-state index in [1.165, 1.54) is 12.1 Å². The predicted molar refractivity (Wildman–Crippen MR) is 93.0 cm³/mol. The van der Waals surface area contributed by atoms with Crippen molar-refractivity contribution < 1.29 is 18.7 Å². The van der Waals surface area contributed by atoms with Gasteiger partial charge in [-0.25, -0.2) is 0 Å². The number of aromatic nitrogens is 2. The van der Waals surface area contributed by atoms with Gasteiger partial charge in [-0.15, -0.1) is 0 Å². The van der Waals surface area contributed by atoms with E-state index in [2.05, 4.69) is 10.1 Å². The Balaban J connectivity index is 1.39. The van der Waals surface area contributed by atoms with Crippen LogP contribution in [-0.2, 0) is 0 Å². The normalized spacial score (nSPS) is 15.0. The fraction of sp³-hybridized carbons (Fsp3) is 0.278. The van der Waals surface area contributed by atoms with E-state index in [0.29, 0.717) is 37.6 Å². The zero-order valence-corrected chi connectivity index (χ0v) is 14.3. The summed E-state index contributed by atoms with van der Waals surface area (Å²) in [5.41, 5.74) is 0.888. The second-order valence-corrected chi connectivity index (χ2v) is 6.28. The Labute approximate surface area is 153 Å². The van der Waals surface area contributed by atoms with Crippen molar-refractivity contribution in [3.63, 3.8) is 0 Å². The fourth-order valence-electron chi connectivity index (χ4n) is 3.13. The van der Waals surface area contributed by atoms with Crippen molar-refractivity contribution in [1.82, 2.24) is 15.0 Å². The molecule has 2 aromatic heterocycles. The summed E-state index contributed by atoms with van der Waals surface area (Å²) in [6.07, 6.45) is 1.34. The minimum absolute atomic E-state index is 0.0238. The average molecular weight is 368 g/mol. The Morgan fingerprint density at radius 2 is 1.89 bits per heavy atom. The van der Waals surface area contributed by atoms with E-state index in [0.717, 1.165) is 5.56 Å². The molecule has 0 aliphatic carbocycles. The molecule has 27 heavy (non-hydrogen) atoms. The Kier molecular flexibility index (Phi) is 4.41. The molecule has 1 aliphatic heterocycles. The van der Waals surface area contributed by atoms with Crippen molar-refractivity contribution in [2.75, 3.05) is 13.1 Å². The summed E-state index contributed by atoms with van der Waals surface area (Å²) < 4.78 is 10.4. The minimum atomic E-state index is -0.664. The molecule has 3 heterocycles. The number of carbonyl (C=O) groups excluding carboxylic acids is 1. The highest BCUT2D eigenvalue weighted by Gasteiger charge is 2.30. The number of nitro groups is 1. The van der Waals surface area contributed by atoms with Gasteiger partial charge in [0.25, 0.3) is 5.91 Å². The maximum Gasteiger partial charge on any atom is 0.433 e. The maximum absolute atomic E-state index is 12.4. The van der Waals surface area contributed by atoms with Crippen LogP contribution >= 0.6 is 0 Å². The van der Waals surface area contributed by atoms with Crippen LogP contribution in [-0.4, -0.2) is 39.0 Å². The van der Waals surface area contributed by atoms with E-state index in [1.54, 1.807) is 4.90 Å². The van der Waals surface area contributed by atoms with Gasteiger partial charge < -0.3 is 13.8 Å². The first kappa shape index (κ1) is 17.0. The van der Waals surface area contributed by atoms with Crippen molar-refractivity contribution in [3.8, 4) is 11.4 Å². The lowest BCUT2D eigenvalue weighted by Crippen LogP contribution is -2.37. The van der Waals surface area contributed by atoms with Gasteiger partial charge in [0, 0.05) is 24.6 Å². The largest absolute Gasteiger partial charge is 0.433 e. The van der Waals surface area contributed by atoms with Crippen LogP contribution in [0.4, 0.5) is 5.88 Å². The molecule has 0 unspecified atom stereocenters. The van der Waals surface area contributed by atoms with Crippen molar-refractivity contribution >= 4 is 11.8 Å². The molecule has 1 amide bonds. The van der Waals surface area contributed by atoms with Crippen LogP contribution in [0.1, 0.15) is 35.2 Å². The first-order valence-electron chi connectivity index (χ1n) is 8.54. The number of likely N-dealkylation sites (tertiary alicyclic amines) is 1. The van der Waals surface area contributed by atoms with E-state index in [1.807, 2.05) is 30.3 Å². The monoisotopic (exact) mass is 368 g/mol. The van der Waals surface area contributed by atoms with Crippen molar-refractivity contribution in [1.29, 1.82) is 0 Å². The van der Waals surface area contributed by atoms with Crippen LogP contribution in [0, 0.1) is 10.1 Å². The summed E-state index contributed by atoms with van der Waals surface area (Å²) in [5.74, 6) is 0.375. The van der Waals surface area contributed by atoms with Crippen molar-refractivity contribution in [2.24, 2.45) is 0 Å². The molecule has 1 saturated heterocycles. The van der Waals surface area contributed by atoms with Crippen LogP contribution < -0.4 is 0 Å². The van der Waals surface area contributed by atoms with Crippen LogP contribution in [0.5, 0.6) is 0 Å². The third kappa shape index (κ3) is 3.43. The number of benzene rings is 1. The average Bonchev–Trinajstić information content (AvgIpc) is 3.38. The Morgan fingerprint density at radius 3 is 2.56 bits per heavy atom. The first-order valence-corrected chi connectivity index (χ1v) is 8.54.